The smallest absolute Gasteiger partial charge is 0.270 e. The molecular formula is C20H13ClN2O6. The van der Waals surface area contributed by atoms with Gasteiger partial charge >= 0.3 is 0 Å². The monoisotopic (exact) mass is 412 g/mol. The fourth-order valence-corrected chi connectivity index (χ4v) is 4.07. The molecule has 146 valence electrons. The van der Waals surface area contributed by atoms with E-state index in [1.807, 2.05) is 0 Å². The van der Waals surface area contributed by atoms with Crippen molar-refractivity contribution in [3.8, 4) is 22.8 Å². The molecule has 1 aliphatic heterocycles. The van der Waals surface area contributed by atoms with Gasteiger partial charge in [-0.05, 0) is 24.6 Å². The van der Waals surface area contributed by atoms with Crippen molar-refractivity contribution in [3.05, 3.63) is 61.9 Å². The molecule has 0 amide bonds. The number of carbonyl (C=O) groups excluding carboxylic acids is 1. The van der Waals surface area contributed by atoms with Gasteiger partial charge in [0.25, 0.3) is 11.2 Å². The maximum atomic E-state index is 13.3. The summed E-state index contributed by atoms with van der Waals surface area (Å²) in [6.45, 7) is 0.351. The van der Waals surface area contributed by atoms with Crippen LogP contribution in [0.1, 0.15) is 22.3 Å². The summed E-state index contributed by atoms with van der Waals surface area (Å²) >= 11 is 5.84. The molecule has 0 radical (unpaired) electrons. The summed E-state index contributed by atoms with van der Waals surface area (Å²) in [5.41, 5.74) is 1.23. The number of ether oxygens (including phenoxy) is 2. The molecule has 1 aliphatic carbocycles. The van der Waals surface area contributed by atoms with Crippen molar-refractivity contribution in [1.82, 2.24) is 4.57 Å². The molecule has 0 N–H and O–H groups in total. The molecule has 2 aromatic carbocycles. The van der Waals surface area contributed by atoms with E-state index >= 15 is 0 Å². The van der Waals surface area contributed by atoms with Gasteiger partial charge < -0.3 is 14.0 Å². The summed E-state index contributed by atoms with van der Waals surface area (Å²) < 4.78 is 12.3. The Morgan fingerprint density at radius 3 is 2.48 bits per heavy atom. The summed E-state index contributed by atoms with van der Waals surface area (Å²) in [5.74, 6) is 1.05. The fourth-order valence-electron chi connectivity index (χ4n) is 3.95. The third kappa shape index (κ3) is 2.45. The Hall–Kier alpha value is -3.39. The Balaban J connectivity index is 1.88. The van der Waals surface area contributed by atoms with Crippen LogP contribution < -0.4 is 15.0 Å². The average molecular weight is 413 g/mol. The van der Waals surface area contributed by atoms with Crippen LogP contribution in [0.3, 0.4) is 0 Å². The predicted octanol–water partition coefficient (Wildman–Crippen LogP) is 3.48. The first kappa shape index (κ1) is 17.7. The van der Waals surface area contributed by atoms with Crippen LogP contribution in [-0.4, -0.2) is 27.9 Å². The molecule has 2 aliphatic rings. The lowest BCUT2D eigenvalue weighted by Crippen LogP contribution is -2.23. The van der Waals surface area contributed by atoms with Crippen molar-refractivity contribution in [2.75, 3.05) is 12.7 Å². The van der Waals surface area contributed by atoms with Crippen LogP contribution in [0, 0.1) is 10.1 Å². The molecule has 3 aromatic rings. The van der Waals surface area contributed by atoms with Crippen LogP contribution in [0.4, 0.5) is 5.69 Å². The highest BCUT2D eigenvalue weighted by atomic mass is 35.5. The van der Waals surface area contributed by atoms with Crippen molar-refractivity contribution >= 4 is 33.8 Å². The van der Waals surface area contributed by atoms with E-state index in [9.17, 15) is 19.7 Å². The minimum atomic E-state index is -0.564. The van der Waals surface area contributed by atoms with Gasteiger partial charge in [-0.1, -0.05) is 0 Å². The van der Waals surface area contributed by atoms with E-state index in [-0.39, 0.29) is 30.2 Å². The van der Waals surface area contributed by atoms with Gasteiger partial charge in [-0.25, -0.2) is 0 Å². The molecule has 8 nitrogen and oxygen atoms in total. The van der Waals surface area contributed by atoms with Crippen LogP contribution in [0.2, 0.25) is 0 Å². The zero-order valence-corrected chi connectivity index (χ0v) is 15.7. The molecule has 0 fully saturated rings. The highest BCUT2D eigenvalue weighted by Crippen LogP contribution is 2.46. The standard InChI is InChI=1S/C20H13ClN2O6/c21-4-1-5-22-18-12-7-15-16(29-9-28-15)8-13(12)19(24)17(18)11-3-2-10(23(26)27)6-14(11)20(22)25/h2-3,6-8H,1,4-5,9H2. The first-order chi connectivity index (χ1) is 14.0. The zero-order valence-electron chi connectivity index (χ0n) is 14.9. The normalized spacial score (nSPS) is 13.6. The fraction of sp³-hybridized carbons (Fsp3) is 0.200. The van der Waals surface area contributed by atoms with E-state index in [0.29, 0.717) is 51.6 Å². The molecule has 0 atom stereocenters. The number of alkyl halides is 1. The van der Waals surface area contributed by atoms with Crippen molar-refractivity contribution < 1.29 is 19.2 Å². The van der Waals surface area contributed by atoms with Crippen molar-refractivity contribution in [2.24, 2.45) is 0 Å². The van der Waals surface area contributed by atoms with E-state index in [0.717, 1.165) is 0 Å². The SMILES string of the molecule is O=C1c2cc3c(cc2-c2c1c1ccc([N+](=O)[O-])cc1c(=O)n2CCCCl)OCO3. The average Bonchev–Trinajstić information content (AvgIpc) is 3.28. The summed E-state index contributed by atoms with van der Waals surface area (Å²) in [7, 11) is 0. The number of hydrogen-bond acceptors (Lipinski definition) is 6. The summed E-state index contributed by atoms with van der Waals surface area (Å²) in [6, 6.07) is 7.30. The number of nitro benzene ring substituents is 1. The number of nitrogens with zero attached hydrogens (tertiary/aromatic N) is 2. The number of fused-ring (bicyclic) bond motifs is 6. The predicted molar refractivity (Wildman–Crippen MR) is 105 cm³/mol. The van der Waals surface area contributed by atoms with Crippen molar-refractivity contribution in [3.63, 3.8) is 0 Å². The summed E-state index contributed by atoms with van der Waals surface area (Å²) in [6.07, 6.45) is 0.502. The highest BCUT2D eigenvalue weighted by Gasteiger charge is 2.35. The minimum absolute atomic E-state index is 0.0692. The third-order valence-corrected chi connectivity index (χ3v) is 5.49. The molecule has 0 saturated carbocycles. The van der Waals surface area contributed by atoms with Crippen LogP contribution in [0.25, 0.3) is 22.0 Å². The van der Waals surface area contributed by atoms with E-state index in [4.69, 9.17) is 21.1 Å². The van der Waals surface area contributed by atoms with Gasteiger partial charge in [0.2, 0.25) is 6.79 Å². The summed E-state index contributed by atoms with van der Waals surface area (Å²) in [5, 5.41) is 11.7. The second kappa shape index (κ2) is 6.31. The van der Waals surface area contributed by atoms with Gasteiger partial charge in [-0.3, -0.25) is 19.7 Å². The molecule has 29 heavy (non-hydrogen) atoms. The Labute approximate surface area is 168 Å². The van der Waals surface area contributed by atoms with Gasteiger partial charge in [0, 0.05) is 41.1 Å². The van der Waals surface area contributed by atoms with Gasteiger partial charge in [-0.15, -0.1) is 11.6 Å². The van der Waals surface area contributed by atoms with Crippen LogP contribution in [0.5, 0.6) is 11.5 Å². The number of aromatic nitrogens is 1. The molecule has 0 bridgehead atoms. The Kier molecular flexibility index (Phi) is 3.85. The number of hydrogen-bond donors (Lipinski definition) is 0. The molecule has 2 heterocycles. The number of ketones is 1. The first-order valence-electron chi connectivity index (χ1n) is 8.91. The molecule has 5 rings (SSSR count). The number of halogens is 1. The summed E-state index contributed by atoms with van der Waals surface area (Å²) in [4.78, 5) is 37.2. The van der Waals surface area contributed by atoms with Crippen molar-refractivity contribution in [2.45, 2.75) is 13.0 Å². The molecule has 9 heteroatoms. The second-order valence-electron chi connectivity index (χ2n) is 6.79. The number of benzene rings is 2. The second-order valence-corrected chi connectivity index (χ2v) is 7.17. The largest absolute Gasteiger partial charge is 0.454 e. The first-order valence-corrected chi connectivity index (χ1v) is 9.44. The van der Waals surface area contributed by atoms with E-state index in [2.05, 4.69) is 0 Å². The maximum Gasteiger partial charge on any atom is 0.270 e. The molecular weight excluding hydrogens is 400 g/mol. The lowest BCUT2D eigenvalue weighted by Gasteiger charge is -2.14. The topological polar surface area (TPSA) is 101 Å². The molecule has 0 unspecified atom stereocenters. The number of non-ortho nitro benzene ring substituents is 1. The highest BCUT2D eigenvalue weighted by molar-refractivity contribution is 6.27. The maximum absolute atomic E-state index is 13.3. The molecule has 0 spiro atoms. The number of pyridine rings is 1. The number of carbonyl (C=O) groups is 1. The Bertz CT molecular complexity index is 1300. The van der Waals surface area contributed by atoms with Gasteiger partial charge in [0.15, 0.2) is 17.3 Å². The number of nitro groups is 1. The van der Waals surface area contributed by atoms with Crippen LogP contribution in [0.15, 0.2) is 35.1 Å². The Morgan fingerprint density at radius 2 is 1.79 bits per heavy atom. The third-order valence-electron chi connectivity index (χ3n) is 5.22. The van der Waals surface area contributed by atoms with Crippen LogP contribution >= 0.6 is 11.6 Å². The zero-order chi connectivity index (χ0) is 20.3. The lowest BCUT2D eigenvalue weighted by atomic mass is 10.0. The van der Waals surface area contributed by atoms with Gasteiger partial charge in [0.1, 0.15) is 0 Å². The lowest BCUT2D eigenvalue weighted by molar-refractivity contribution is -0.384. The van der Waals surface area contributed by atoms with E-state index < -0.39 is 10.5 Å². The van der Waals surface area contributed by atoms with E-state index in [1.54, 1.807) is 12.1 Å². The van der Waals surface area contributed by atoms with Crippen LogP contribution in [-0.2, 0) is 6.54 Å². The minimum Gasteiger partial charge on any atom is -0.454 e. The molecule has 0 saturated heterocycles. The van der Waals surface area contributed by atoms with Gasteiger partial charge in [0.05, 0.1) is 21.6 Å². The quantitative estimate of drug-likeness (QED) is 0.289. The van der Waals surface area contributed by atoms with Gasteiger partial charge in [-0.2, -0.15) is 0 Å². The van der Waals surface area contributed by atoms with Crippen molar-refractivity contribution in [1.29, 1.82) is 0 Å². The molecule has 1 aromatic heterocycles. The number of rotatable bonds is 4. The Morgan fingerprint density at radius 1 is 1.07 bits per heavy atom. The van der Waals surface area contributed by atoms with E-state index in [1.165, 1.54) is 22.8 Å².